The summed E-state index contributed by atoms with van der Waals surface area (Å²) in [5.74, 6) is 0. The standard InChI is InChI=1S/C13H24N2O2/c1-3-4-5-6-8-14-13(16)15-9-7-10-17-11-12(15)2/h11H,3-10H2,1-2H3,(H,14,16). The second-order valence-electron chi connectivity index (χ2n) is 4.43. The molecule has 98 valence electrons. The maximum atomic E-state index is 11.9. The summed E-state index contributed by atoms with van der Waals surface area (Å²) < 4.78 is 5.26. The van der Waals surface area contributed by atoms with Crippen LogP contribution in [-0.4, -0.2) is 30.6 Å². The number of nitrogens with zero attached hydrogens (tertiary/aromatic N) is 1. The van der Waals surface area contributed by atoms with Gasteiger partial charge in [-0.2, -0.15) is 0 Å². The molecule has 1 aliphatic heterocycles. The number of rotatable bonds is 5. The highest BCUT2D eigenvalue weighted by atomic mass is 16.5. The Labute approximate surface area is 104 Å². The number of hydrogen-bond acceptors (Lipinski definition) is 2. The van der Waals surface area contributed by atoms with E-state index in [2.05, 4.69) is 12.2 Å². The van der Waals surface area contributed by atoms with Crippen LogP contribution in [0.1, 0.15) is 46.0 Å². The molecular formula is C13H24N2O2. The molecule has 0 aromatic carbocycles. The first-order valence-corrected chi connectivity index (χ1v) is 6.59. The number of ether oxygens (including phenoxy) is 1. The van der Waals surface area contributed by atoms with Gasteiger partial charge in [0.2, 0.25) is 0 Å². The van der Waals surface area contributed by atoms with Gasteiger partial charge in [-0.1, -0.05) is 26.2 Å². The van der Waals surface area contributed by atoms with Gasteiger partial charge >= 0.3 is 6.03 Å². The fraction of sp³-hybridized carbons (Fsp3) is 0.769. The zero-order chi connectivity index (χ0) is 12.5. The molecule has 1 rings (SSSR count). The highest BCUT2D eigenvalue weighted by Crippen LogP contribution is 2.09. The number of urea groups is 1. The number of allylic oxidation sites excluding steroid dienone is 1. The molecule has 0 saturated heterocycles. The molecule has 1 heterocycles. The predicted molar refractivity (Wildman–Crippen MR) is 68.6 cm³/mol. The van der Waals surface area contributed by atoms with Crippen molar-refractivity contribution < 1.29 is 9.53 Å². The van der Waals surface area contributed by atoms with Crippen molar-refractivity contribution in [2.24, 2.45) is 0 Å². The Kier molecular flexibility index (Phi) is 6.51. The van der Waals surface area contributed by atoms with Crippen molar-refractivity contribution in [3.63, 3.8) is 0 Å². The molecule has 0 aliphatic carbocycles. The molecule has 0 bridgehead atoms. The van der Waals surface area contributed by atoms with Gasteiger partial charge in [0.1, 0.15) is 6.26 Å². The van der Waals surface area contributed by atoms with Gasteiger partial charge < -0.3 is 10.1 Å². The molecule has 0 saturated carbocycles. The monoisotopic (exact) mass is 240 g/mol. The Bertz CT molecular complexity index is 264. The lowest BCUT2D eigenvalue weighted by Gasteiger charge is -2.21. The minimum Gasteiger partial charge on any atom is -0.499 e. The summed E-state index contributed by atoms with van der Waals surface area (Å²) in [6, 6.07) is 0.000693. The lowest BCUT2D eigenvalue weighted by atomic mass is 10.2. The molecule has 0 aromatic heterocycles. The Morgan fingerprint density at radius 2 is 2.29 bits per heavy atom. The van der Waals surface area contributed by atoms with E-state index in [4.69, 9.17) is 4.74 Å². The molecule has 4 heteroatoms. The Morgan fingerprint density at radius 1 is 1.47 bits per heavy atom. The summed E-state index contributed by atoms with van der Waals surface area (Å²) in [5.41, 5.74) is 0.883. The van der Waals surface area contributed by atoms with Gasteiger partial charge in [-0.25, -0.2) is 4.79 Å². The topological polar surface area (TPSA) is 41.6 Å². The van der Waals surface area contributed by atoms with Gasteiger partial charge in [0, 0.05) is 13.1 Å². The molecule has 17 heavy (non-hydrogen) atoms. The van der Waals surface area contributed by atoms with Crippen LogP contribution in [0.25, 0.3) is 0 Å². The maximum absolute atomic E-state index is 11.9. The smallest absolute Gasteiger partial charge is 0.321 e. The Hall–Kier alpha value is -1.19. The molecule has 0 unspecified atom stereocenters. The first-order chi connectivity index (χ1) is 8.25. The van der Waals surface area contributed by atoms with E-state index >= 15 is 0 Å². The average molecular weight is 240 g/mol. The largest absolute Gasteiger partial charge is 0.499 e. The van der Waals surface area contributed by atoms with Gasteiger partial charge in [0.15, 0.2) is 0 Å². The van der Waals surface area contributed by atoms with E-state index in [0.29, 0.717) is 6.61 Å². The van der Waals surface area contributed by atoms with Crippen molar-refractivity contribution in [3.8, 4) is 0 Å². The predicted octanol–water partition coefficient (Wildman–Crippen LogP) is 2.86. The van der Waals surface area contributed by atoms with Crippen molar-refractivity contribution in [2.75, 3.05) is 19.7 Å². The van der Waals surface area contributed by atoms with Crippen molar-refractivity contribution in [1.82, 2.24) is 10.2 Å². The number of amides is 2. The molecular weight excluding hydrogens is 216 g/mol. The summed E-state index contributed by atoms with van der Waals surface area (Å²) >= 11 is 0. The van der Waals surface area contributed by atoms with Crippen LogP contribution in [0.4, 0.5) is 4.79 Å². The zero-order valence-corrected chi connectivity index (χ0v) is 11.0. The van der Waals surface area contributed by atoms with Gasteiger partial charge in [-0.3, -0.25) is 4.90 Å². The van der Waals surface area contributed by atoms with E-state index in [1.165, 1.54) is 19.3 Å². The molecule has 4 nitrogen and oxygen atoms in total. The van der Waals surface area contributed by atoms with Crippen LogP contribution in [0, 0.1) is 0 Å². The quantitative estimate of drug-likeness (QED) is 0.751. The molecule has 0 fully saturated rings. The molecule has 0 atom stereocenters. The molecule has 1 N–H and O–H groups in total. The van der Waals surface area contributed by atoms with Crippen molar-refractivity contribution >= 4 is 6.03 Å². The summed E-state index contributed by atoms with van der Waals surface area (Å²) in [5, 5.41) is 2.96. The van der Waals surface area contributed by atoms with E-state index in [-0.39, 0.29) is 6.03 Å². The SMILES string of the molecule is CCCCCCNC(=O)N1CCCOC=C1C. The molecule has 1 aliphatic rings. The highest BCUT2D eigenvalue weighted by molar-refractivity contribution is 5.76. The van der Waals surface area contributed by atoms with E-state index in [1.54, 1.807) is 11.2 Å². The summed E-state index contributed by atoms with van der Waals surface area (Å²) in [6.45, 7) is 6.29. The van der Waals surface area contributed by atoms with Crippen LogP contribution >= 0.6 is 0 Å². The second-order valence-corrected chi connectivity index (χ2v) is 4.43. The fourth-order valence-electron chi connectivity index (χ4n) is 1.83. The van der Waals surface area contributed by atoms with Crippen LogP contribution in [0.5, 0.6) is 0 Å². The van der Waals surface area contributed by atoms with E-state index in [0.717, 1.165) is 31.6 Å². The molecule has 0 spiro atoms. The molecule has 0 aromatic rings. The normalized spacial score (nSPS) is 15.9. The van der Waals surface area contributed by atoms with Gasteiger partial charge in [-0.05, 0) is 19.8 Å². The van der Waals surface area contributed by atoms with Crippen molar-refractivity contribution in [3.05, 3.63) is 12.0 Å². The van der Waals surface area contributed by atoms with Gasteiger partial charge in [0.05, 0.1) is 12.3 Å². The number of hydrogen-bond donors (Lipinski definition) is 1. The first kappa shape index (κ1) is 13.9. The van der Waals surface area contributed by atoms with E-state index in [1.807, 2.05) is 6.92 Å². The van der Waals surface area contributed by atoms with Crippen LogP contribution < -0.4 is 5.32 Å². The second kappa shape index (κ2) is 7.98. The lowest BCUT2D eigenvalue weighted by molar-refractivity contribution is 0.210. The average Bonchev–Trinajstić information content (AvgIpc) is 2.53. The van der Waals surface area contributed by atoms with E-state index in [9.17, 15) is 4.79 Å². The number of carbonyl (C=O) groups is 1. The summed E-state index contributed by atoms with van der Waals surface area (Å²) in [6.07, 6.45) is 7.27. The van der Waals surface area contributed by atoms with Gasteiger partial charge in [0.25, 0.3) is 0 Å². The van der Waals surface area contributed by atoms with Crippen LogP contribution in [0.3, 0.4) is 0 Å². The number of unbranched alkanes of at least 4 members (excludes halogenated alkanes) is 3. The zero-order valence-electron chi connectivity index (χ0n) is 11.0. The molecule has 2 amide bonds. The number of nitrogens with one attached hydrogen (secondary N) is 1. The van der Waals surface area contributed by atoms with Crippen molar-refractivity contribution in [2.45, 2.75) is 46.0 Å². The lowest BCUT2D eigenvalue weighted by Crippen LogP contribution is -2.39. The number of carbonyl (C=O) groups excluding carboxylic acids is 1. The Morgan fingerprint density at radius 3 is 3.06 bits per heavy atom. The minimum absolute atomic E-state index is 0.000693. The maximum Gasteiger partial charge on any atom is 0.321 e. The summed E-state index contributed by atoms with van der Waals surface area (Å²) in [7, 11) is 0. The minimum atomic E-state index is 0.000693. The summed E-state index contributed by atoms with van der Waals surface area (Å²) in [4.78, 5) is 13.7. The third kappa shape index (κ3) is 5.11. The highest BCUT2D eigenvalue weighted by Gasteiger charge is 2.16. The first-order valence-electron chi connectivity index (χ1n) is 6.59. The molecule has 0 radical (unpaired) electrons. The van der Waals surface area contributed by atoms with Gasteiger partial charge in [-0.15, -0.1) is 0 Å². The third-order valence-corrected chi connectivity index (χ3v) is 2.88. The van der Waals surface area contributed by atoms with Crippen molar-refractivity contribution in [1.29, 1.82) is 0 Å². The third-order valence-electron chi connectivity index (χ3n) is 2.88. The fourth-order valence-corrected chi connectivity index (χ4v) is 1.83. The van der Waals surface area contributed by atoms with Crippen LogP contribution in [0.2, 0.25) is 0 Å². The van der Waals surface area contributed by atoms with Crippen LogP contribution in [0.15, 0.2) is 12.0 Å². The Balaban J connectivity index is 2.26. The van der Waals surface area contributed by atoms with E-state index < -0.39 is 0 Å². The van der Waals surface area contributed by atoms with Crippen LogP contribution in [-0.2, 0) is 4.74 Å².